The number of hydrogen-bond donors (Lipinski definition) is 1. The van der Waals surface area contributed by atoms with E-state index in [1.165, 1.54) is 7.11 Å². The highest BCUT2D eigenvalue weighted by molar-refractivity contribution is 5.73. The molecule has 1 N–H and O–H groups in total. The summed E-state index contributed by atoms with van der Waals surface area (Å²) < 4.78 is 4.87. The van der Waals surface area contributed by atoms with Gasteiger partial charge >= 0.3 is 5.97 Å². The molecule has 0 radical (unpaired) electrons. The number of ether oxygens (including phenoxy) is 1. The quantitative estimate of drug-likeness (QED) is 0.727. The van der Waals surface area contributed by atoms with Gasteiger partial charge < -0.3 is 10.1 Å². The molecular formula is C12H23NO2. The van der Waals surface area contributed by atoms with Crippen LogP contribution in [0.1, 0.15) is 33.6 Å². The number of esters is 1. The molecule has 0 saturated carbocycles. The first-order chi connectivity index (χ1) is 7.10. The number of carbonyl (C=O) groups is 1. The summed E-state index contributed by atoms with van der Waals surface area (Å²) in [4.78, 5) is 11.6. The van der Waals surface area contributed by atoms with Crippen molar-refractivity contribution in [1.29, 1.82) is 0 Å². The van der Waals surface area contributed by atoms with Crippen LogP contribution in [0.3, 0.4) is 0 Å². The van der Waals surface area contributed by atoms with Gasteiger partial charge in [-0.15, -0.1) is 0 Å². The van der Waals surface area contributed by atoms with Crippen LogP contribution in [0, 0.1) is 17.8 Å². The van der Waals surface area contributed by atoms with Gasteiger partial charge in [0.2, 0.25) is 0 Å². The van der Waals surface area contributed by atoms with Crippen LogP contribution in [-0.4, -0.2) is 25.7 Å². The van der Waals surface area contributed by atoms with Gasteiger partial charge in [0.05, 0.1) is 13.0 Å². The fraction of sp³-hybridized carbons (Fsp3) is 0.917. The van der Waals surface area contributed by atoms with E-state index in [0.717, 1.165) is 19.4 Å². The molecule has 3 atom stereocenters. The van der Waals surface area contributed by atoms with Crippen molar-refractivity contribution in [2.45, 2.75) is 39.7 Å². The molecule has 1 aliphatic heterocycles. The van der Waals surface area contributed by atoms with Crippen molar-refractivity contribution in [3.63, 3.8) is 0 Å². The molecule has 1 saturated heterocycles. The molecule has 88 valence electrons. The Balaban J connectivity index is 2.65. The van der Waals surface area contributed by atoms with Crippen molar-refractivity contribution < 1.29 is 9.53 Å². The maximum atomic E-state index is 11.6. The first kappa shape index (κ1) is 12.5. The van der Waals surface area contributed by atoms with E-state index < -0.39 is 0 Å². The Labute approximate surface area is 92.6 Å². The third-order valence-corrected chi connectivity index (χ3v) is 3.57. The van der Waals surface area contributed by atoms with Gasteiger partial charge in [-0.25, -0.2) is 0 Å². The Kier molecular flexibility index (Phi) is 4.58. The van der Waals surface area contributed by atoms with Crippen molar-refractivity contribution in [3.05, 3.63) is 0 Å². The van der Waals surface area contributed by atoms with Gasteiger partial charge in [-0.05, 0) is 31.2 Å². The molecule has 1 heterocycles. The minimum Gasteiger partial charge on any atom is -0.469 e. The van der Waals surface area contributed by atoms with Crippen LogP contribution in [0.15, 0.2) is 0 Å². The summed E-state index contributed by atoms with van der Waals surface area (Å²) in [6, 6.07) is 0.299. The summed E-state index contributed by atoms with van der Waals surface area (Å²) in [5.41, 5.74) is 0. The average Bonchev–Trinajstić information content (AvgIpc) is 2.27. The van der Waals surface area contributed by atoms with Gasteiger partial charge in [-0.2, -0.15) is 0 Å². The van der Waals surface area contributed by atoms with Gasteiger partial charge in [0.1, 0.15) is 0 Å². The van der Waals surface area contributed by atoms with E-state index in [4.69, 9.17) is 4.74 Å². The van der Waals surface area contributed by atoms with Crippen LogP contribution >= 0.6 is 0 Å². The lowest BCUT2D eigenvalue weighted by atomic mass is 9.79. The lowest BCUT2D eigenvalue weighted by Gasteiger charge is -2.36. The summed E-state index contributed by atoms with van der Waals surface area (Å²) in [5, 5.41) is 3.46. The Morgan fingerprint density at radius 3 is 2.67 bits per heavy atom. The van der Waals surface area contributed by atoms with Crippen molar-refractivity contribution in [2.24, 2.45) is 17.8 Å². The van der Waals surface area contributed by atoms with Crippen LogP contribution in [-0.2, 0) is 9.53 Å². The zero-order chi connectivity index (χ0) is 11.4. The smallest absolute Gasteiger partial charge is 0.310 e. The second-order valence-corrected chi connectivity index (χ2v) is 4.79. The van der Waals surface area contributed by atoms with Crippen molar-refractivity contribution >= 4 is 5.97 Å². The van der Waals surface area contributed by atoms with Crippen LogP contribution in [0.4, 0.5) is 0 Å². The summed E-state index contributed by atoms with van der Waals surface area (Å²) in [6.45, 7) is 7.58. The van der Waals surface area contributed by atoms with Gasteiger partial charge in [-0.3, -0.25) is 4.79 Å². The normalized spacial score (nSPS) is 31.7. The molecule has 0 spiro atoms. The number of carbonyl (C=O) groups excluding carboxylic acids is 1. The molecule has 15 heavy (non-hydrogen) atoms. The van der Waals surface area contributed by atoms with Gasteiger partial charge in [-0.1, -0.05) is 20.8 Å². The number of hydrogen-bond acceptors (Lipinski definition) is 3. The van der Waals surface area contributed by atoms with E-state index in [0.29, 0.717) is 17.9 Å². The Hall–Kier alpha value is -0.570. The summed E-state index contributed by atoms with van der Waals surface area (Å²) in [5.74, 6) is 1.21. The highest BCUT2D eigenvalue weighted by Gasteiger charge is 2.35. The first-order valence-electron chi connectivity index (χ1n) is 5.91. The van der Waals surface area contributed by atoms with Crippen LogP contribution in [0.2, 0.25) is 0 Å². The fourth-order valence-corrected chi connectivity index (χ4v) is 2.37. The molecule has 0 bridgehead atoms. The maximum absolute atomic E-state index is 11.6. The number of piperidine rings is 1. The molecule has 0 aromatic rings. The zero-order valence-corrected chi connectivity index (χ0v) is 10.2. The average molecular weight is 213 g/mol. The molecule has 1 fully saturated rings. The lowest BCUT2D eigenvalue weighted by Crippen LogP contribution is -2.49. The van der Waals surface area contributed by atoms with Gasteiger partial charge in [0, 0.05) is 6.04 Å². The minimum atomic E-state index is -0.0558. The zero-order valence-electron chi connectivity index (χ0n) is 10.2. The van der Waals surface area contributed by atoms with E-state index in [2.05, 4.69) is 26.1 Å². The Bertz CT molecular complexity index is 216. The standard InChI is InChI=1S/C12H23NO2/c1-5-11-10(12(14)15-4)6-9(7-13-11)8(2)3/h8-11,13H,5-7H2,1-4H3. The molecule has 1 aliphatic rings. The Morgan fingerprint density at radius 1 is 1.53 bits per heavy atom. The molecule has 3 nitrogen and oxygen atoms in total. The highest BCUT2D eigenvalue weighted by Crippen LogP contribution is 2.28. The number of nitrogens with one attached hydrogen (secondary N) is 1. The predicted molar refractivity (Wildman–Crippen MR) is 60.5 cm³/mol. The van der Waals surface area contributed by atoms with E-state index in [-0.39, 0.29) is 11.9 Å². The molecular weight excluding hydrogens is 190 g/mol. The summed E-state index contributed by atoms with van der Waals surface area (Å²) in [6.07, 6.45) is 1.96. The lowest BCUT2D eigenvalue weighted by molar-refractivity contribution is -0.148. The molecule has 3 unspecified atom stereocenters. The van der Waals surface area contributed by atoms with E-state index in [1.807, 2.05) is 0 Å². The molecule has 3 heteroatoms. The third-order valence-electron chi connectivity index (χ3n) is 3.57. The molecule has 0 aliphatic carbocycles. The number of methoxy groups -OCH3 is 1. The van der Waals surface area contributed by atoms with Gasteiger partial charge in [0.25, 0.3) is 0 Å². The second-order valence-electron chi connectivity index (χ2n) is 4.79. The third kappa shape index (κ3) is 2.94. The van der Waals surface area contributed by atoms with Crippen molar-refractivity contribution in [2.75, 3.05) is 13.7 Å². The van der Waals surface area contributed by atoms with Crippen LogP contribution < -0.4 is 5.32 Å². The SMILES string of the molecule is CCC1NCC(C(C)C)CC1C(=O)OC. The first-order valence-corrected chi connectivity index (χ1v) is 5.91. The Morgan fingerprint density at radius 2 is 2.20 bits per heavy atom. The van der Waals surface area contributed by atoms with Crippen molar-refractivity contribution in [3.8, 4) is 0 Å². The fourth-order valence-electron chi connectivity index (χ4n) is 2.37. The van der Waals surface area contributed by atoms with E-state index >= 15 is 0 Å². The number of rotatable bonds is 3. The monoisotopic (exact) mass is 213 g/mol. The molecule has 0 amide bonds. The topological polar surface area (TPSA) is 38.3 Å². The van der Waals surface area contributed by atoms with E-state index in [1.54, 1.807) is 0 Å². The maximum Gasteiger partial charge on any atom is 0.310 e. The highest BCUT2D eigenvalue weighted by atomic mass is 16.5. The largest absolute Gasteiger partial charge is 0.469 e. The summed E-state index contributed by atoms with van der Waals surface area (Å²) >= 11 is 0. The minimum absolute atomic E-state index is 0.0427. The predicted octanol–water partition coefficient (Wildman–Crippen LogP) is 1.82. The second kappa shape index (κ2) is 5.50. The van der Waals surface area contributed by atoms with E-state index in [9.17, 15) is 4.79 Å². The van der Waals surface area contributed by atoms with Gasteiger partial charge in [0.15, 0.2) is 0 Å². The molecule has 0 aromatic carbocycles. The van der Waals surface area contributed by atoms with Crippen LogP contribution in [0.5, 0.6) is 0 Å². The van der Waals surface area contributed by atoms with Crippen molar-refractivity contribution in [1.82, 2.24) is 5.32 Å². The molecule has 1 rings (SSSR count). The molecule has 0 aromatic heterocycles. The van der Waals surface area contributed by atoms with Crippen LogP contribution in [0.25, 0.3) is 0 Å². The summed E-state index contributed by atoms with van der Waals surface area (Å²) in [7, 11) is 1.48.